The molecule has 4 heterocycles. The quantitative estimate of drug-likeness (QED) is 0.449. The van der Waals surface area contributed by atoms with E-state index in [1.54, 1.807) is 4.57 Å². The second-order valence-corrected chi connectivity index (χ2v) is 9.37. The summed E-state index contributed by atoms with van der Waals surface area (Å²) >= 11 is 2.70. The van der Waals surface area contributed by atoms with Gasteiger partial charge in [0.2, 0.25) is 11.7 Å². The van der Waals surface area contributed by atoms with Gasteiger partial charge in [0, 0.05) is 12.3 Å². The molecular weight excluding hydrogens is 434 g/mol. The first-order chi connectivity index (χ1) is 15.1. The minimum Gasteiger partial charge on any atom is -0.376 e. The fraction of sp³-hybridized carbons (Fsp3) is 0.333. The number of hydrogen-bond donors (Lipinski definition) is 1. The zero-order valence-electron chi connectivity index (χ0n) is 16.9. The van der Waals surface area contributed by atoms with E-state index in [4.69, 9.17) is 4.74 Å². The molecule has 1 aliphatic heterocycles. The molecule has 4 aromatic rings. The van der Waals surface area contributed by atoms with Crippen LogP contribution in [0.25, 0.3) is 16.0 Å². The molecule has 10 heteroatoms. The molecule has 3 aromatic heterocycles. The van der Waals surface area contributed by atoms with E-state index in [1.165, 1.54) is 23.1 Å². The minimum atomic E-state index is -0.124. The lowest BCUT2D eigenvalue weighted by Crippen LogP contribution is -2.28. The summed E-state index contributed by atoms with van der Waals surface area (Å²) in [6.45, 7) is 3.16. The molecule has 31 heavy (non-hydrogen) atoms. The number of thioether (sulfide) groups is 1. The van der Waals surface area contributed by atoms with Crippen molar-refractivity contribution in [3.8, 4) is 0 Å². The van der Waals surface area contributed by atoms with Crippen molar-refractivity contribution in [3.05, 3.63) is 51.6 Å². The van der Waals surface area contributed by atoms with E-state index in [1.807, 2.05) is 47.0 Å². The second-order valence-electron chi connectivity index (χ2n) is 7.51. The number of nitrogens with zero attached hydrogens (tertiary/aromatic N) is 4. The van der Waals surface area contributed by atoms with Crippen LogP contribution in [-0.2, 0) is 16.1 Å². The molecule has 160 valence electrons. The minimum absolute atomic E-state index is 0.00632. The predicted octanol–water partition coefficient (Wildman–Crippen LogP) is 3.32. The van der Waals surface area contributed by atoms with Crippen molar-refractivity contribution >= 4 is 50.7 Å². The second kappa shape index (κ2) is 8.45. The summed E-state index contributed by atoms with van der Waals surface area (Å²) in [6, 6.07) is 9.57. The number of thiophene rings is 1. The average Bonchev–Trinajstić information content (AvgIpc) is 3.50. The highest BCUT2D eigenvalue weighted by Crippen LogP contribution is 2.25. The number of fused-ring (bicyclic) bond motifs is 3. The van der Waals surface area contributed by atoms with Gasteiger partial charge in [-0.15, -0.1) is 21.5 Å². The molecule has 0 saturated carbocycles. The lowest BCUT2D eigenvalue weighted by molar-refractivity contribution is -0.113. The number of amides is 1. The number of carbonyl (C=O) groups is 1. The van der Waals surface area contributed by atoms with E-state index < -0.39 is 0 Å². The van der Waals surface area contributed by atoms with Crippen molar-refractivity contribution in [2.24, 2.45) is 0 Å². The van der Waals surface area contributed by atoms with Crippen molar-refractivity contribution < 1.29 is 9.53 Å². The highest BCUT2D eigenvalue weighted by Gasteiger charge is 2.22. The summed E-state index contributed by atoms with van der Waals surface area (Å²) in [6.07, 6.45) is 1.93. The maximum atomic E-state index is 13.1. The first kappa shape index (κ1) is 20.2. The summed E-state index contributed by atoms with van der Waals surface area (Å²) in [5.41, 5.74) is 2.54. The van der Waals surface area contributed by atoms with E-state index in [2.05, 4.69) is 15.5 Å². The van der Waals surface area contributed by atoms with Gasteiger partial charge in [-0.1, -0.05) is 23.9 Å². The summed E-state index contributed by atoms with van der Waals surface area (Å²) in [4.78, 5) is 25.5. The van der Waals surface area contributed by atoms with Crippen LogP contribution in [0.3, 0.4) is 0 Å². The Morgan fingerprint density at radius 2 is 2.26 bits per heavy atom. The highest BCUT2D eigenvalue weighted by molar-refractivity contribution is 7.99. The average molecular weight is 456 g/mol. The maximum Gasteiger partial charge on any atom is 0.272 e. The summed E-state index contributed by atoms with van der Waals surface area (Å²) in [7, 11) is 0. The smallest absolute Gasteiger partial charge is 0.272 e. The van der Waals surface area contributed by atoms with E-state index >= 15 is 0 Å². The third-order valence-corrected chi connectivity index (χ3v) is 7.05. The molecule has 0 unspecified atom stereocenters. The summed E-state index contributed by atoms with van der Waals surface area (Å²) in [5.74, 6) is 0.542. The molecule has 8 nitrogen and oxygen atoms in total. The molecule has 1 atom stereocenters. The van der Waals surface area contributed by atoms with Crippen molar-refractivity contribution in [1.29, 1.82) is 0 Å². The van der Waals surface area contributed by atoms with Gasteiger partial charge in [-0.3, -0.25) is 18.6 Å². The van der Waals surface area contributed by atoms with Gasteiger partial charge in [-0.05, 0) is 48.9 Å². The summed E-state index contributed by atoms with van der Waals surface area (Å²) < 4.78 is 9.90. The number of rotatable bonds is 6. The lowest BCUT2D eigenvalue weighted by atomic mass is 10.2. The van der Waals surface area contributed by atoms with Crippen molar-refractivity contribution in [3.63, 3.8) is 0 Å². The molecule has 5 rings (SSSR count). The molecule has 0 spiro atoms. The number of benzene rings is 1. The Kier molecular flexibility index (Phi) is 5.51. The molecule has 1 aliphatic rings. The van der Waals surface area contributed by atoms with E-state index in [0.29, 0.717) is 22.2 Å². The van der Waals surface area contributed by atoms with Gasteiger partial charge < -0.3 is 10.1 Å². The maximum absolute atomic E-state index is 13.1. The predicted molar refractivity (Wildman–Crippen MR) is 122 cm³/mol. The largest absolute Gasteiger partial charge is 0.376 e. The highest BCUT2D eigenvalue weighted by atomic mass is 32.2. The molecular formula is C21H21N5O3S2. The van der Waals surface area contributed by atoms with Crippen LogP contribution in [0.2, 0.25) is 0 Å². The molecule has 1 saturated heterocycles. The van der Waals surface area contributed by atoms with Gasteiger partial charge in [-0.25, -0.2) is 0 Å². The lowest BCUT2D eigenvalue weighted by Gasteiger charge is -2.13. The Balaban J connectivity index is 1.43. The first-order valence-corrected chi connectivity index (χ1v) is 11.9. The van der Waals surface area contributed by atoms with Crippen LogP contribution < -0.4 is 10.9 Å². The SMILES string of the molecule is Cc1cccc(NC(=O)CSc2nnc3n(C[C@H]4CCCO4)c(=O)c4sccc4n23)c1. The molecule has 1 amide bonds. The van der Waals surface area contributed by atoms with Crippen molar-refractivity contribution in [2.45, 2.75) is 37.6 Å². The van der Waals surface area contributed by atoms with Crippen molar-refractivity contribution in [1.82, 2.24) is 19.2 Å². The number of carbonyl (C=O) groups excluding carboxylic acids is 1. The fourth-order valence-corrected chi connectivity index (χ4v) is 5.36. The van der Waals surface area contributed by atoms with Gasteiger partial charge in [0.25, 0.3) is 5.56 Å². The van der Waals surface area contributed by atoms with E-state index in [9.17, 15) is 9.59 Å². The Hall–Kier alpha value is -2.69. The number of nitrogens with one attached hydrogen (secondary N) is 1. The topological polar surface area (TPSA) is 90.5 Å². The van der Waals surface area contributed by atoms with Crippen LogP contribution in [0.4, 0.5) is 5.69 Å². The number of ether oxygens (including phenoxy) is 1. The van der Waals surface area contributed by atoms with Crippen molar-refractivity contribution in [2.75, 3.05) is 17.7 Å². The molecule has 0 radical (unpaired) electrons. The zero-order valence-corrected chi connectivity index (χ0v) is 18.5. The molecule has 1 N–H and O–H groups in total. The monoisotopic (exact) mass is 455 g/mol. The normalized spacial score (nSPS) is 16.4. The Morgan fingerprint density at radius 3 is 3.06 bits per heavy atom. The van der Waals surface area contributed by atoms with Crippen LogP contribution in [0, 0.1) is 6.92 Å². The van der Waals surface area contributed by atoms with Crippen LogP contribution in [0.5, 0.6) is 0 Å². The molecule has 1 aromatic carbocycles. The van der Waals surface area contributed by atoms with Crippen LogP contribution in [0.1, 0.15) is 18.4 Å². The number of anilines is 1. The van der Waals surface area contributed by atoms with Crippen LogP contribution in [0.15, 0.2) is 45.7 Å². The Bertz CT molecular complexity index is 1320. The molecule has 1 fully saturated rings. The standard InChI is InChI=1S/C21H21N5O3S2/c1-13-4-2-5-14(10-13)22-17(27)12-31-21-24-23-20-25(11-15-6-3-8-29-15)19(28)18-16(26(20)21)7-9-30-18/h2,4-5,7,9-10,15H,3,6,8,11-12H2,1H3,(H,22,27)/t15-/m1/s1. The van der Waals surface area contributed by atoms with Gasteiger partial charge in [0.1, 0.15) is 4.70 Å². The fourth-order valence-electron chi connectivity index (χ4n) is 3.80. The third kappa shape index (κ3) is 3.98. The van der Waals surface area contributed by atoms with E-state index in [-0.39, 0.29) is 23.3 Å². The number of aromatic nitrogens is 4. The number of aryl methyl sites for hydroxylation is 1. The molecule has 0 bridgehead atoms. The first-order valence-electron chi connectivity index (χ1n) is 10.1. The van der Waals surface area contributed by atoms with Gasteiger partial charge in [0.05, 0.1) is 23.9 Å². The van der Waals surface area contributed by atoms with Gasteiger partial charge in [-0.2, -0.15) is 0 Å². The third-order valence-electron chi connectivity index (χ3n) is 5.23. The van der Waals surface area contributed by atoms with Crippen LogP contribution in [-0.4, -0.2) is 43.5 Å². The zero-order chi connectivity index (χ0) is 21.4. The van der Waals surface area contributed by atoms with Gasteiger partial charge >= 0.3 is 0 Å². The van der Waals surface area contributed by atoms with Gasteiger partial charge in [0.15, 0.2) is 5.16 Å². The Labute approximate surface area is 186 Å². The summed E-state index contributed by atoms with van der Waals surface area (Å²) in [5, 5.41) is 14.0. The Morgan fingerprint density at radius 1 is 1.35 bits per heavy atom. The van der Waals surface area contributed by atoms with Crippen LogP contribution >= 0.6 is 23.1 Å². The van der Waals surface area contributed by atoms with E-state index in [0.717, 1.165) is 36.2 Å². The molecule has 0 aliphatic carbocycles. The number of hydrogen-bond acceptors (Lipinski definition) is 7.